The quantitative estimate of drug-likeness (QED) is 0.473. The molecule has 0 N–H and O–H groups in total. The number of thiocarbonyl (C=S) groups is 1. The molecular weight excluding hydrogens is 304 g/mol. The summed E-state index contributed by atoms with van der Waals surface area (Å²) in [5.74, 6) is -0.0497. The Balaban J connectivity index is 2.13. The van der Waals surface area contributed by atoms with Crippen LogP contribution in [0.4, 0.5) is 0 Å². The molecule has 0 aliphatic carbocycles. The van der Waals surface area contributed by atoms with Crippen molar-refractivity contribution in [1.29, 1.82) is 0 Å². The van der Waals surface area contributed by atoms with Gasteiger partial charge >= 0.3 is 0 Å². The number of nitrogens with zero attached hydrogens (tertiary/aromatic N) is 2. The highest BCUT2D eigenvalue weighted by molar-refractivity contribution is 8.26. The summed E-state index contributed by atoms with van der Waals surface area (Å²) in [6, 6.07) is 7.09. The van der Waals surface area contributed by atoms with Crippen molar-refractivity contribution >= 4 is 46.6 Å². The molecule has 1 aliphatic rings. The topological polar surface area (TPSA) is 40.6 Å². The van der Waals surface area contributed by atoms with Crippen molar-refractivity contribution < 1.29 is 9.59 Å². The molecule has 0 saturated carbocycles. The Kier molecular flexibility index (Phi) is 5.27. The lowest BCUT2D eigenvalue weighted by Gasteiger charge is -2.17. The molecule has 21 heavy (non-hydrogen) atoms. The third-order valence-corrected chi connectivity index (χ3v) is 4.39. The minimum atomic E-state index is -0.0497. The Morgan fingerprint density at radius 1 is 1.24 bits per heavy atom. The first-order chi connectivity index (χ1) is 10.0. The van der Waals surface area contributed by atoms with Crippen LogP contribution in [0.25, 0.3) is 6.08 Å². The summed E-state index contributed by atoms with van der Waals surface area (Å²) in [6.45, 7) is 1.37. The molecule has 110 valence electrons. The molecule has 1 saturated heterocycles. The summed E-state index contributed by atoms with van der Waals surface area (Å²) < 4.78 is 0.595. The highest BCUT2D eigenvalue weighted by Gasteiger charge is 2.31. The number of hydrogen-bond acceptors (Lipinski definition) is 5. The maximum Gasteiger partial charge on any atom is 0.266 e. The van der Waals surface area contributed by atoms with Crippen molar-refractivity contribution in [2.75, 3.05) is 27.2 Å². The molecule has 0 bridgehead atoms. The molecule has 1 aromatic rings. The molecule has 0 atom stereocenters. The van der Waals surface area contributed by atoms with Gasteiger partial charge in [0.1, 0.15) is 10.6 Å². The molecule has 1 fully saturated rings. The number of thioether (sulfide) groups is 1. The summed E-state index contributed by atoms with van der Waals surface area (Å²) in [4.78, 5) is 27.2. The lowest BCUT2D eigenvalue weighted by atomic mass is 10.1. The predicted octanol–water partition coefficient (Wildman–Crippen LogP) is 2.26. The molecule has 4 nitrogen and oxygen atoms in total. The van der Waals surface area contributed by atoms with Gasteiger partial charge in [-0.05, 0) is 25.7 Å². The normalized spacial score (nSPS) is 17.1. The molecule has 0 unspecified atom stereocenters. The average Bonchev–Trinajstić information content (AvgIpc) is 2.72. The maximum atomic E-state index is 12.3. The highest BCUT2D eigenvalue weighted by atomic mass is 32.2. The van der Waals surface area contributed by atoms with Crippen LogP contribution in [0.1, 0.15) is 15.9 Å². The van der Waals surface area contributed by atoms with Crippen molar-refractivity contribution in [2.24, 2.45) is 0 Å². The molecule has 1 aromatic carbocycles. The molecule has 6 heteroatoms. The fraction of sp³-hybridized carbons (Fsp3) is 0.267. The summed E-state index contributed by atoms with van der Waals surface area (Å²) in [7, 11) is 3.92. The van der Waals surface area contributed by atoms with E-state index in [2.05, 4.69) is 0 Å². The first-order valence-corrected chi connectivity index (χ1v) is 7.69. The van der Waals surface area contributed by atoms with E-state index in [4.69, 9.17) is 12.2 Å². The first-order valence-electron chi connectivity index (χ1n) is 6.46. The number of benzene rings is 1. The van der Waals surface area contributed by atoms with Gasteiger partial charge < -0.3 is 4.90 Å². The van der Waals surface area contributed by atoms with Crippen LogP contribution in [-0.4, -0.2) is 53.5 Å². The molecule has 0 aromatic heterocycles. The van der Waals surface area contributed by atoms with Crippen molar-refractivity contribution in [3.63, 3.8) is 0 Å². The molecule has 1 amide bonds. The summed E-state index contributed by atoms with van der Waals surface area (Å²) >= 11 is 6.58. The number of carbonyl (C=O) groups excluding carboxylic acids is 2. The van der Waals surface area contributed by atoms with Gasteiger partial charge in [-0.15, -0.1) is 0 Å². The number of carbonyl (C=O) groups is 2. The van der Waals surface area contributed by atoms with E-state index in [9.17, 15) is 9.59 Å². The fourth-order valence-electron chi connectivity index (χ4n) is 1.81. The average molecular weight is 320 g/mol. The molecule has 1 heterocycles. The van der Waals surface area contributed by atoms with Gasteiger partial charge in [0.2, 0.25) is 0 Å². The van der Waals surface area contributed by atoms with Crippen LogP contribution in [-0.2, 0) is 4.79 Å². The zero-order valence-corrected chi connectivity index (χ0v) is 13.5. The van der Waals surface area contributed by atoms with Crippen LogP contribution in [0.5, 0.6) is 0 Å². The highest BCUT2D eigenvalue weighted by Crippen LogP contribution is 2.32. The van der Waals surface area contributed by atoms with Crippen LogP contribution < -0.4 is 0 Å². The molecule has 0 radical (unpaired) electrons. The zero-order valence-electron chi connectivity index (χ0n) is 11.9. The molecule has 2 rings (SSSR count). The number of amides is 1. The van der Waals surface area contributed by atoms with E-state index in [1.54, 1.807) is 17.0 Å². The lowest BCUT2D eigenvalue weighted by Crippen LogP contribution is -2.34. The maximum absolute atomic E-state index is 12.3. The fourth-order valence-corrected chi connectivity index (χ4v) is 3.12. The van der Waals surface area contributed by atoms with Crippen molar-refractivity contribution in [3.8, 4) is 0 Å². The van der Waals surface area contributed by atoms with Crippen LogP contribution in [0.3, 0.4) is 0 Å². The standard InChI is InChI=1S/C15H16N2O2S2/c1-16(2)7-8-17-14(19)13(21-15(17)20)9-11-3-5-12(10-18)6-4-11/h3-6,9-10H,7-8H2,1-2H3/b13-9+. The SMILES string of the molecule is CN(C)CCN1C(=O)/C(=C\c2ccc(C=O)cc2)SC1=S. The number of rotatable bonds is 5. The Labute approximate surface area is 133 Å². The molecule has 0 spiro atoms. The third-order valence-electron chi connectivity index (χ3n) is 3.01. The van der Waals surface area contributed by atoms with Crippen LogP contribution in [0.15, 0.2) is 29.2 Å². The van der Waals surface area contributed by atoms with E-state index in [1.807, 2.05) is 37.2 Å². The van der Waals surface area contributed by atoms with Crippen LogP contribution in [0.2, 0.25) is 0 Å². The van der Waals surface area contributed by atoms with E-state index in [0.29, 0.717) is 21.3 Å². The van der Waals surface area contributed by atoms with Crippen molar-refractivity contribution in [2.45, 2.75) is 0 Å². The zero-order chi connectivity index (χ0) is 15.4. The van der Waals surface area contributed by atoms with Gasteiger partial charge in [-0.25, -0.2) is 0 Å². The van der Waals surface area contributed by atoms with Crippen molar-refractivity contribution in [3.05, 3.63) is 40.3 Å². The monoisotopic (exact) mass is 320 g/mol. The minimum absolute atomic E-state index is 0.0497. The Hall–Kier alpha value is -1.50. The van der Waals surface area contributed by atoms with Gasteiger partial charge in [0.25, 0.3) is 5.91 Å². The predicted molar refractivity (Wildman–Crippen MR) is 90.3 cm³/mol. The van der Waals surface area contributed by atoms with E-state index >= 15 is 0 Å². The van der Waals surface area contributed by atoms with Gasteiger partial charge in [0.15, 0.2) is 0 Å². The van der Waals surface area contributed by atoms with E-state index in [1.165, 1.54) is 11.8 Å². The second kappa shape index (κ2) is 6.98. The lowest BCUT2D eigenvalue weighted by molar-refractivity contribution is -0.122. The summed E-state index contributed by atoms with van der Waals surface area (Å²) in [5.41, 5.74) is 1.50. The van der Waals surface area contributed by atoms with E-state index in [-0.39, 0.29) is 5.91 Å². The van der Waals surface area contributed by atoms with Gasteiger partial charge in [0.05, 0.1) is 4.91 Å². The number of likely N-dealkylation sites (N-methyl/N-ethyl adjacent to an activating group) is 1. The van der Waals surface area contributed by atoms with Gasteiger partial charge in [-0.1, -0.05) is 48.2 Å². The Morgan fingerprint density at radius 3 is 2.43 bits per heavy atom. The smallest absolute Gasteiger partial charge is 0.266 e. The summed E-state index contributed by atoms with van der Waals surface area (Å²) in [5, 5.41) is 0. The van der Waals surface area contributed by atoms with Crippen LogP contribution in [0, 0.1) is 0 Å². The number of aldehydes is 1. The second-order valence-electron chi connectivity index (χ2n) is 4.92. The van der Waals surface area contributed by atoms with Gasteiger partial charge in [-0.3, -0.25) is 14.5 Å². The number of hydrogen-bond donors (Lipinski definition) is 0. The van der Waals surface area contributed by atoms with E-state index < -0.39 is 0 Å². The minimum Gasteiger partial charge on any atom is -0.308 e. The van der Waals surface area contributed by atoms with Gasteiger partial charge in [-0.2, -0.15) is 0 Å². The Morgan fingerprint density at radius 2 is 1.86 bits per heavy atom. The summed E-state index contributed by atoms with van der Waals surface area (Å²) in [6.07, 6.45) is 2.61. The van der Waals surface area contributed by atoms with Gasteiger partial charge in [0, 0.05) is 18.7 Å². The third kappa shape index (κ3) is 4.00. The first kappa shape index (κ1) is 15.9. The molecule has 1 aliphatic heterocycles. The molecular formula is C15H16N2O2S2. The Bertz CT molecular complexity index is 594. The van der Waals surface area contributed by atoms with Crippen molar-refractivity contribution in [1.82, 2.24) is 9.80 Å². The second-order valence-corrected chi connectivity index (χ2v) is 6.60. The van der Waals surface area contributed by atoms with Crippen LogP contribution >= 0.6 is 24.0 Å². The largest absolute Gasteiger partial charge is 0.308 e. The van der Waals surface area contributed by atoms with E-state index in [0.717, 1.165) is 18.4 Å².